The number of nitrogens with zero attached hydrogens (tertiary/aromatic N) is 2. The molecule has 2 atom stereocenters. The summed E-state index contributed by atoms with van der Waals surface area (Å²) in [6.07, 6.45) is 4.81. The average molecular weight is 425 g/mol. The summed E-state index contributed by atoms with van der Waals surface area (Å²) in [6.45, 7) is 7.16. The van der Waals surface area contributed by atoms with E-state index in [1.54, 1.807) is 11.3 Å². The van der Waals surface area contributed by atoms with Crippen LogP contribution in [0, 0.1) is 12.8 Å². The third-order valence-electron chi connectivity index (χ3n) is 6.94. The summed E-state index contributed by atoms with van der Waals surface area (Å²) < 4.78 is 0. The Kier molecular flexibility index (Phi) is 6.28. The van der Waals surface area contributed by atoms with Crippen LogP contribution in [0.3, 0.4) is 0 Å². The fourth-order valence-electron chi connectivity index (χ4n) is 4.61. The smallest absolute Gasteiger partial charge is 0.243 e. The lowest BCUT2D eigenvalue weighted by atomic mass is 9.84. The van der Waals surface area contributed by atoms with E-state index in [9.17, 15) is 9.59 Å². The molecule has 4 nitrogen and oxygen atoms in total. The average Bonchev–Trinajstić information content (AvgIpc) is 3.18. The van der Waals surface area contributed by atoms with Gasteiger partial charge in [-0.3, -0.25) is 9.59 Å². The quantitative estimate of drug-likeness (QED) is 0.658. The van der Waals surface area contributed by atoms with Gasteiger partial charge >= 0.3 is 0 Å². The number of amides is 2. The highest BCUT2D eigenvalue weighted by Crippen LogP contribution is 2.39. The molecule has 0 radical (unpaired) electrons. The zero-order chi connectivity index (χ0) is 21.3. The SMILES string of the molecule is CC[C@H](C)N(CC(=O)N1CCc2sccc2[C@H]1c1ccccc1C)C(=O)C1CCC1. The lowest BCUT2D eigenvalue weighted by molar-refractivity contribution is -0.147. The maximum atomic E-state index is 13.6. The molecular weight excluding hydrogens is 392 g/mol. The molecule has 0 N–H and O–H groups in total. The number of hydrogen-bond donors (Lipinski definition) is 0. The van der Waals surface area contributed by atoms with Crippen molar-refractivity contribution in [1.82, 2.24) is 9.80 Å². The highest BCUT2D eigenvalue weighted by molar-refractivity contribution is 7.10. The summed E-state index contributed by atoms with van der Waals surface area (Å²) in [5.74, 6) is 0.349. The van der Waals surface area contributed by atoms with Gasteiger partial charge in [0.1, 0.15) is 6.54 Å². The van der Waals surface area contributed by atoms with Gasteiger partial charge in [0.05, 0.1) is 6.04 Å². The van der Waals surface area contributed by atoms with E-state index in [1.807, 2.05) is 15.9 Å². The van der Waals surface area contributed by atoms with Gasteiger partial charge in [-0.2, -0.15) is 0 Å². The first kappa shape index (κ1) is 21.1. The number of carbonyl (C=O) groups is 2. The Balaban J connectivity index is 1.62. The van der Waals surface area contributed by atoms with Gasteiger partial charge < -0.3 is 9.80 Å². The van der Waals surface area contributed by atoms with Gasteiger partial charge in [0.25, 0.3) is 0 Å². The number of aryl methyl sites for hydroxylation is 1. The van der Waals surface area contributed by atoms with E-state index >= 15 is 0 Å². The first-order chi connectivity index (χ1) is 14.5. The number of fused-ring (bicyclic) bond motifs is 1. The van der Waals surface area contributed by atoms with Crippen molar-refractivity contribution in [2.75, 3.05) is 13.1 Å². The Bertz CT molecular complexity index is 917. The van der Waals surface area contributed by atoms with Crippen molar-refractivity contribution in [3.63, 3.8) is 0 Å². The number of rotatable bonds is 6. The van der Waals surface area contributed by atoms with Crippen LogP contribution in [0.15, 0.2) is 35.7 Å². The summed E-state index contributed by atoms with van der Waals surface area (Å²) in [5, 5.41) is 2.13. The van der Waals surface area contributed by atoms with Crippen molar-refractivity contribution < 1.29 is 9.59 Å². The summed E-state index contributed by atoms with van der Waals surface area (Å²) in [7, 11) is 0. The van der Waals surface area contributed by atoms with Gasteiger partial charge in [-0.05, 0) is 67.7 Å². The van der Waals surface area contributed by atoms with Gasteiger partial charge in [0.15, 0.2) is 0 Å². The summed E-state index contributed by atoms with van der Waals surface area (Å²) in [4.78, 5) is 31.9. The molecule has 1 saturated carbocycles. The largest absolute Gasteiger partial charge is 0.330 e. The zero-order valence-electron chi connectivity index (χ0n) is 18.3. The molecule has 0 spiro atoms. The Morgan fingerprint density at radius 3 is 2.63 bits per heavy atom. The first-order valence-corrected chi connectivity index (χ1v) is 12.1. The van der Waals surface area contributed by atoms with Crippen LogP contribution in [0.25, 0.3) is 0 Å². The first-order valence-electron chi connectivity index (χ1n) is 11.2. The molecule has 1 aromatic carbocycles. The third kappa shape index (κ3) is 3.92. The third-order valence-corrected chi connectivity index (χ3v) is 7.93. The molecular formula is C25H32N2O2S. The molecule has 2 aromatic rings. The highest BCUT2D eigenvalue weighted by atomic mass is 32.1. The highest BCUT2D eigenvalue weighted by Gasteiger charge is 2.37. The van der Waals surface area contributed by atoms with E-state index in [-0.39, 0.29) is 36.4 Å². The fourth-order valence-corrected chi connectivity index (χ4v) is 5.52. The molecule has 30 heavy (non-hydrogen) atoms. The summed E-state index contributed by atoms with van der Waals surface area (Å²) >= 11 is 1.78. The van der Waals surface area contributed by atoms with E-state index in [2.05, 4.69) is 50.4 Å². The van der Waals surface area contributed by atoms with Crippen molar-refractivity contribution >= 4 is 23.2 Å². The van der Waals surface area contributed by atoms with E-state index in [4.69, 9.17) is 0 Å². The van der Waals surface area contributed by atoms with E-state index < -0.39 is 0 Å². The topological polar surface area (TPSA) is 40.6 Å². The molecule has 0 saturated heterocycles. The van der Waals surface area contributed by atoms with Crippen LogP contribution in [-0.4, -0.2) is 40.7 Å². The minimum Gasteiger partial charge on any atom is -0.330 e. The second kappa shape index (κ2) is 8.93. The normalized spacial score (nSPS) is 19.7. The van der Waals surface area contributed by atoms with Crippen LogP contribution in [0.2, 0.25) is 0 Å². The molecule has 4 rings (SSSR count). The molecule has 1 fully saturated rings. The van der Waals surface area contributed by atoms with Gasteiger partial charge in [-0.15, -0.1) is 11.3 Å². The second-order valence-corrected chi connectivity index (χ2v) is 9.75. The van der Waals surface area contributed by atoms with Gasteiger partial charge in [0.2, 0.25) is 11.8 Å². The monoisotopic (exact) mass is 424 g/mol. The Morgan fingerprint density at radius 1 is 1.20 bits per heavy atom. The molecule has 2 aliphatic rings. The second-order valence-electron chi connectivity index (χ2n) is 8.75. The van der Waals surface area contributed by atoms with Crippen LogP contribution in [0.5, 0.6) is 0 Å². The predicted molar refractivity (Wildman–Crippen MR) is 122 cm³/mol. The van der Waals surface area contributed by atoms with E-state index in [0.717, 1.165) is 32.1 Å². The Labute approximate surface area is 183 Å². The molecule has 1 aromatic heterocycles. The molecule has 1 aliphatic heterocycles. The minimum absolute atomic E-state index is 0.0630. The van der Waals surface area contributed by atoms with Crippen LogP contribution in [-0.2, 0) is 16.0 Å². The summed E-state index contributed by atoms with van der Waals surface area (Å²) in [6, 6.07) is 10.5. The lowest BCUT2D eigenvalue weighted by Crippen LogP contribution is -2.51. The number of hydrogen-bond acceptors (Lipinski definition) is 3. The maximum absolute atomic E-state index is 13.6. The van der Waals surface area contributed by atoms with Crippen LogP contribution < -0.4 is 0 Å². The summed E-state index contributed by atoms with van der Waals surface area (Å²) in [5.41, 5.74) is 3.63. The van der Waals surface area contributed by atoms with Crippen molar-refractivity contribution in [1.29, 1.82) is 0 Å². The van der Waals surface area contributed by atoms with Gasteiger partial charge in [0, 0.05) is 23.4 Å². The van der Waals surface area contributed by atoms with Crippen molar-refractivity contribution in [3.8, 4) is 0 Å². The fraction of sp³-hybridized carbons (Fsp3) is 0.520. The van der Waals surface area contributed by atoms with E-state index in [0.29, 0.717) is 6.54 Å². The van der Waals surface area contributed by atoms with Gasteiger partial charge in [-0.25, -0.2) is 0 Å². The Morgan fingerprint density at radius 2 is 1.97 bits per heavy atom. The van der Waals surface area contributed by atoms with Gasteiger partial charge in [-0.1, -0.05) is 37.6 Å². The molecule has 2 amide bonds. The van der Waals surface area contributed by atoms with E-state index in [1.165, 1.54) is 21.6 Å². The molecule has 1 aliphatic carbocycles. The van der Waals surface area contributed by atoms with Crippen molar-refractivity contribution in [2.24, 2.45) is 5.92 Å². The van der Waals surface area contributed by atoms with Crippen LogP contribution in [0.4, 0.5) is 0 Å². The molecule has 160 valence electrons. The van der Waals surface area contributed by atoms with Crippen LogP contribution >= 0.6 is 11.3 Å². The standard InChI is InChI=1S/C25H32N2O2S/c1-4-18(3)27(25(29)19-9-7-10-19)16-23(28)26-14-12-22-21(13-15-30-22)24(26)20-11-6-5-8-17(20)2/h5-6,8,11,13,15,18-19,24H,4,7,9-10,12,14,16H2,1-3H3/t18-,24+/m0/s1. The zero-order valence-corrected chi connectivity index (χ0v) is 19.1. The van der Waals surface area contributed by atoms with Crippen molar-refractivity contribution in [2.45, 2.75) is 65.0 Å². The Hall–Kier alpha value is -2.14. The molecule has 5 heteroatoms. The molecule has 2 heterocycles. The van der Waals surface area contributed by atoms with Crippen LogP contribution in [0.1, 0.15) is 67.1 Å². The minimum atomic E-state index is -0.0636. The lowest BCUT2D eigenvalue weighted by Gasteiger charge is -2.40. The van der Waals surface area contributed by atoms with Crippen molar-refractivity contribution in [3.05, 3.63) is 57.3 Å². The molecule has 0 unspecified atom stereocenters. The molecule has 0 bridgehead atoms. The number of thiophene rings is 1. The number of benzene rings is 1. The maximum Gasteiger partial charge on any atom is 0.243 e. The number of carbonyl (C=O) groups excluding carboxylic acids is 2. The predicted octanol–water partition coefficient (Wildman–Crippen LogP) is 4.96.